The van der Waals surface area contributed by atoms with Crippen LogP contribution in [0.15, 0.2) is 0 Å². The molecule has 13 heavy (non-hydrogen) atoms. The Kier molecular flexibility index (Phi) is 5.29. The SMILES string of the molecule is COC(=O)C(N)C1CCC(O)C1.Cl. The first kappa shape index (κ1) is 12.7. The minimum absolute atomic E-state index is 0. The summed E-state index contributed by atoms with van der Waals surface area (Å²) in [6, 6.07) is -0.563. The maximum atomic E-state index is 11.0. The highest BCUT2D eigenvalue weighted by Crippen LogP contribution is 2.27. The zero-order chi connectivity index (χ0) is 9.14. The zero-order valence-electron chi connectivity index (χ0n) is 7.60. The number of carbonyl (C=O) groups is 1. The normalized spacial score (nSPS) is 29.2. The smallest absolute Gasteiger partial charge is 0.322 e. The third-order valence-electron chi connectivity index (χ3n) is 2.43. The molecule has 1 aliphatic rings. The fourth-order valence-electron chi connectivity index (χ4n) is 1.65. The third kappa shape index (κ3) is 3.14. The van der Waals surface area contributed by atoms with Crippen molar-refractivity contribution in [3.8, 4) is 0 Å². The maximum Gasteiger partial charge on any atom is 0.322 e. The minimum Gasteiger partial charge on any atom is -0.468 e. The Morgan fingerprint density at radius 1 is 1.62 bits per heavy atom. The molecular formula is C8H16ClNO3. The molecule has 0 heterocycles. The van der Waals surface area contributed by atoms with Gasteiger partial charge in [-0.15, -0.1) is 12.4 Å². The molecule has 3 N–H and O–H groups in total. The first-order chi connectivity index (χ1) is 5.65. The fraction of sp³-hybridized carbons (Fsp3) is 0.875. The summed E-state index contributed by atoms with van der Waals surface area (Å²) in [6.07, 6.45) is 1.90. The van der Waals surface area contributed by atoms with E-state index in [9.17, 15) is 9.90 Å². The second-order valence-corrected chi connectivity index (χ2v) is 3.28. The highest BCUT2D eigenvalue weighted by atomic mass is 35.5. The van der Waals surface area contributed by atoms with Gasteiger partial charge in [-0.2, -0.15) is 0 Å². The van der Waals surface area contributed by atoms with E-state index in [1.165, 1.54) is 7.11 Å². The van der Waals surface area contributed by atoms with Gasteiger partial charge in [0, 0.05) is 0 Å². The van der Waals surface area contributed by atoms with Crippen LogP contribution in [0.5, 0.6) is 0 Å². The molecule has 4 nitrogen and oxygen atoms in total. The van der Waals surface area contributed by atoms with Crippen LogP contribution in [0.1, 0.15) is 19.3 Å². The average Bonchev–Trinajstić information content (AvgIpc) is 2.49. The van der Waals surface area contributed by atoms with E-state index < -0.39 is 6.04 Å². The predicted molar refractivity (Wildman–Crippen MR) is 50.6 cm³/mol. The van der Waals surface area contributed by atoms with E-state index in [0.717, 1.165) is 12.8 Å². The quantitative estimate of drug-likeness (QED) is 0.632. The highest BCUT2D eigenvalue weighted by molar-refractivity contribution is 5.85. The summed E-state index contributed by atoms with van der Waals surface area (Å²) in [4.78, 5) is 11.0. The molecule has 3 unspecified atom stereocenters. The van der Waals surface area contributed by atoms with Gasteiger partial charge in [-0.25, -0.2) is 0 Å². The number of aliphatic hydroxyl groups is 1. The Bertz CT molecular complexity index is 177. The average molecular weight is 210 g/mol. The van der Waals surface area contributed by atoms with E-state index in [-0.39, 0.29) is 30.4 Å². The number of halogens is 1. The molecule has 0 amide bonds. The van der Waals surface area contributed by atoms with Crippen molar-refractivity contribution in [1.29, 1.82) is 0 Å². The molecule has 3 atom stereocenters. The summed E-state index contributed by atoms with van der Waals surface area (Å²) in [5, 5.41) is 9.20. The van der Waals surface area contributed by atoms with Crippen LogP contribution >= 0.6 is 12.4 Å². The number of hydrogen-bond donors (Lipinski definition) is 2. The second-order valence-electron chi connectivity index (χ2n) is 3.28. The molecule has 0 radical (unpaired) electrons. The zero-order valence-corrected chi connectivity index (χ0v) is 8.42. The Balaban J connectivity index is 0.00000144. The van der Waals surface area contributed by atoms with Crippen LogP contribution in [-0.2, 0) is 9.53 Å². The van der Waals surface area contributed by atoms with Gasteiger partial charge >= 0.3 is 5.97 Å². The largest absolute Gasteiger partial charge is 0.468 e. The van der Waals surface area contributed by atoms with Crippen LogP contribution in [-0.4, -0.2) is 30.3 Å². The molecule has 1 rings (SSSR count). The third-order valence-corrected chi connectivity index (χ3v) is 2.43. The lowest BCUT2D eigenvalue weighted by molar-refractivity contribution is -0.143. The number of ether oxygens (including phenoxy) is 1. The number of nitrogens with two attached hydrogens (primary N) is 1. The van der Waals surface area contributed by atoms with Gasteiger partial charge in [0.1, 0.15) is 6.04 Å². The van der Waals surface area contributed by atoms with Gasteiger partial charge in [0.2, 0.25) is 0 Å². The van der Waals surface area contributed by atoms with E-state index in [1.807, 2.05) is 0 Å². The summed E-state index contributed by atoms with van der Waals surface area (Å²) in [6.45, 7) is 0. The van der Waals surface area contributed by atoms with E-state index in [1.54, 1.807) is 0 Å². The predicted octanol–water partition coefficient (Wildman–Crippen LogP) is 0.0695. The lowest BCUT2D eigenvalue weighted by atomic mass is 9.99. The van der Waals surface area contributed by atoms with Crippen molar-refractivity contribution >= 4 is 18.4 Å². The van der Waals surface area contributed by atoms with Crippen LogP contribution in [0.2, 0.25) is 0 Å². The van der Waals surface area contributed by atoms with Crippen molar-refractivity contribution in [2.24, 2.45) is 11.7 Å². The van der Waals surface area contributed by atoms with Crippen molar-refractivity contribution < 1.29 is 14.6 Å². The number of methoxy groups -OCH3 is 1. The number of rotatable bonds is 2. The second kappa shape index (κ2) is 5.42. The molecular weight excluding hydrogens is 194 g/mol. The van der Waals surface area contributed by atoms with E-state index >= 15 is 0 Å². The van der Waals surface area contributed by atoms with Gasteiger partial charge in [0.25, 0.3) is 0 Å². The van der Waals surface area contributed by atoms with E-state index in [4.69, 9.17) is 5.73 Å². The summed E-state index contributed by atoms with van der Waals surface area (Å²) in [5.41, 5.74) is 5.61. The van der Waals surface area contributed by atoms with E-state index in [0.29, 0.717) is 6.42 Å². The fourth-order valence-corrected chi connectivity index (χ4v) is 1.65. The Labute approximate surface area is 83.9 Å². The standard InChI is InChI=1S/C8H15NO3.ClH/c1-12-8(11)7(9)5-2-3-6(10)4-5;/h5-7,10H,2-4,9H2,1H3;1H. The van der Waals surface area contributed by atoms with Crippen molar-refractivity contribution in [1.82, 2.24) is 0 Å². The number of carbonyl (C=O) groups excluding carboxylic acids is 1. The molecule has 0 spiro atoms. The topological polar surface area (TPSA) is 72.5 Å². The van der Waals surface area contributed by atoms with Crippen LogP contribution in [0.25, 0.3) is 0 Å². The Morgan fingerprint density at radius 2 is 2.23 bits per heavy atom. The molecule has 0 bridgehead atoms. The first-order valence-electron chi connectivity index (χ1n) is 4.16. The van der Waals surface area contributed by atoms with Crippen LogP contribution in [0, 0.1) is 5.92 Å². The molecule has 0 aromatic carbocycles. The molecule has 1 fully saturated rings. The van der Waals surface area contributed by atoms with Gasteiger partial charge in [-0.1, -0.05) is 0 Å². The van der Waals surface area contributed by atoms with Gasteiger partial charge < -0.3 is 15.6 Å². The molecule has 78 valence electrons. The lowest BCUT2D eigenvalue weighted by Gasteiger charge is -2.15. The Hall–Kier alpha value is -0.320. The van der Waals surface area contributed by atoms with Gasteiger partial charge in [-0.3, -0.25) is 4.79 Å². The van der Waals surface area contributed by atoms with Crippen molar-refractivity contribution in [2.45, 2.75) is 31.4 Å². The molecule has 0 saturated heterocycles. The molecule has 1 saturated carbocycles. The monoisotopic (exact) mass is 209 g/mol. The summed E-state index contributed by atoms with van der Waals surface area (Å²) in [5.74, 6) is -0.290. The molecule has 0 aromatic rings. The number of hydrogen-bond acceptors (Lipinski definition) is 4. The van der Waals surface area contributed by atoms with Crippen molar-refractivity contribution in [3.05, 3.63) is 0 Å². The molecule has 0 aromatic heterocycles. The molecule has 0 aliphatic heterocycles. The summed E-state index contributed by atoms with van der Waals surface area (Å²) < 4.78 is 4.51. The Morgan fingerprint density at radius 3 is 2.62 bits per heavy atom. The summed E-state index contributed by atoms with van der Waals surface area (Å²) in [7, 11) is 1.33. The van der Waals surface area contributed by atoms with Gasteiger partial charge in [0.15, 0.2) is 0 Å². The first-order valence-corrected chi connectivity index (χ1v) is 4.16. The maximum absolute atomic E-state index is 11.0. The van der Waals surface area contributed by atoms with Crippen molar-refractivity contribution in [2.75, 3.05) is 7.11 Å². The lowest BCUT2D eigenvalue weighted by Crippen LogP contribution is -2.38. The van der Waals surface area contributed by atoms with Crippen molar-refractivity contribution in [3.63, 3.8) is 0 Å². The molecule has 1 aliphatic carbocycles. The van der Waals surface area contributed by atoms with Gasteiger partial charge in [0.05, 0.1) is 13.2 Å². The van der Waals surface area contributed by atoms with Crippen LogP contribution in [0.4, 0.5) is 0 Å². The van der Waals surface area contributed by atoms with E-state index in [2.05, 4.69) is 4.74 Å². The van der Waals surface area contributed by atoms with Crippen LogP contribution in [0.3, 0.4) is 0 Å². The highest BCUT2D eigenvalue weighted by Gasteiger charge is 2.32. The number of aliphatic hydroxyl groups excluding tert-OH is 1. The van der Waals surface area contributed by atoms with Crippen LogP contribution < -0.4 is 5.73 Å². The van der Waals surface area contributed by atoms with Gasteiger partial charge in [-0.05, 0) is 25.2 Å². The minimum atomic E-state index is -0.563. The number of esters is 1. The summed E-state index contributed by atoms with van der Waals surface area (Å²) >= 11 is 0. The molecule has 5 heteroatoms.